The van der Waals surface area contributed by atoms with E-state index in [4.69, 9.17) is 28.5 Å². The molecule has 25 heavy (non-hydrogen) atoms. The molecular weight excluding hydrogens is 340 g/mol. The third-order valence-corrected chi connectivity index (χ3v) is 4.53. The molecule has 0 aliphatic heterocycles. The molecule has 1 saturated carbocycles. The van der Waals surface area contributed by atoms with E-state index in [-0.39, 0.29) is 0 Å². The predicted octanol–water partition coefficient (Wildman–Crippen LogP) is 3.28. The molecular formula is C19H23ClN2O3. The van der Waals surface area contributed by atoms with E-state index in [9.17, 15) is 9.59 Å². The molecule has 0 heterocycles. The second kappa shape index (κ2) is 6.97. The normalized spacial score (nSPS) is 16.1. The first-order valence-electron chi connectivity index (χ1n) is 8.20. The lowest BCUT2D eigenvalue weighted by Crippen LogP contribution is -2.58. The van der Waals surface area contributed by atoms with Crippen LogP contribution >= 0.6 is 11.6 Å². The highest BCUT2D eigenvalue weighted by Gasteiger charge is 2.47. The van der Waals surface area contributed by atoms with Crippen molar-refractivity contribution in [2.75, 3.05) is 4.90 Å². The molecule has 2 N–H and O–H groups in total. The molecule has 0 atom stereocenters. The van der Waals surface area contributed by atoms with E-state index in [1.807, 2.05) is 20.8 Å². The highest BCUT2D eigenvalue weighted by atomic mass is 35.5. The number of nitrogens with two attached hydrogens (primary N) is 1. The van der Waals surface area contributed by atoms with Gasteiger partial charge in [-0.25, -0.2) is 0 Å². The first kappa shape index (κ1) is 19.1. The fourth-order valence-corrected chi connectivity index (χ4v) is 3.42. The molecule has 0 saturated heterocycles. The van der Waals surface area contributed by atoms with Crippen molar-refractivity contribution in [1.29, 1.82) is 0 Å². The van der Waals surface area contributed by atoms with Crippen molar-refractivity contribution < 1.29 is 14.3 Å². The zero-order valence-corrected chi connectivity index (χ0v) is 15.5. The van der Waals surface area contributed by atoms with Crippen molar-refractivity contribution >= 4 is 29.1 Å². The lowest BCUT2D eigenvalue weighted by molar-refractivity contribution is -0.126. The lowest BCUT2D eigenvalue weighted by Gasteiger charge is -2.37. The number of carbonyl (C=O) groups is 2. The number of halogens is 1. The predicted molar refractivity (Wildman–Crippen MR) is 98.5 cm³/mol. The number of amides is 2. The number of carbonyl (C=O) groups excluding carboxylic acids is 2. The third kappa shape index (κ3) is 3.91. The molecule has 1 fully saturated rings. The van der Waals surface area contributed by atoms with Crippen molar-refractivity contribution in [3.8, 4) is 18.1 Å². The Hall–Kier alpha value is -2.19. The second-order valence-corrected chi connectivity index (χ2v) is 7.62. The summed E-state index contributed by atoms with van der Waals surface area (Å²) in [6, 6.07) is 4.93. The summed E-state index contributed by atoms with van der Waals surface area (Å²) in [6.07, 6.45) is 7.90. The Morgan fingerprint density at radius 2 is 1.92 bits per heavy atom. The van der Waals surface area contributed by atoms with Crippen LogP contribution in [0.5, 0.6) is 5.75 Å². The van der Waals surface area contributed by atoms with Crippen LogP contribution in [0.25, 0.3) is 0 Å². The fraction of sp³-hybridized carbons (Fsp3) is 0.474. The van der Waals surface area contributed by atoms with Crippen LogP contribution in [-0.4, -0.2) is 23.0 Å². The van der Waals surface area contributed by atoms with Crippen molar-refractivity contribution in [2.24, 2.45) is 5.73 Å². The highest BCUT2D eigenvalue weighted by molar-refractivity contribution is 6.32. The molecule has 1 aromatic carbocycles. The summed E-state index contributed by atoms with van der Waals surface area (Å²) >= 11 is 6.33. The summed E-state index contributed by atoms with van der Waals surface area (Å²) in [6.45, 7) is 5.73. The van der Waals surface area contributed by atoms with Gasteiger partial charge in [-0.15, -0.1) is 6.42 Å². The van der Waals surface area contributed by atoms with E-state index >= 15 is 0 Å². The van der Waals surface area contributed by atoms with Crippen LogP contribution in [0.1, 0.15) is 46.5 Å². The molecule has 0 bridgehead atoms. The van der Waals surface area contributed by atoms with Crippen LogP contribution in [0, 0.1) is 12.3 Å². The topological polar surface area (TPSA) is 72.6 Å². The number of hydrogen-bond acceptors (Lipinski definition) is 3. The van der Waals surface area contributed by atoms with E-state index < -0.39 is 23.0 Å². The van der Waals surface area contributed by atoms with Gasteiger partial charge in [0.1, 0.15) is 16.9 Å². The van der Waals surface area contributed by atoms with Gasteiger partial charge < -0.3 is 10.5 Å². The van der Waals surface area contributed by atoms with Crippen LogP contribution in [0.2, 0.25) is 5.02 Å². The largest absolute Gasteiger partial charge is 0.487 e. The van der Waals surface area contributed by atoms with Crippen molar-refractivity contribution in [1.82, 2.24) is 0 Å². The van der Waals surface area contributed by atoms with E-state index in [2.05, 4.69) is 5.92 Å². The Balaban J connectivity index is 2.50. The van der Waals surface area contributed by atoms with Crippen molar-refractivity contribution in [3.05, 3.63) is 23.2 Å². The van der Waals surface area contributed by atoms with Crippen molar-refractivity contribution in [3.63, 3.8) is 0 Å². The molecule has 134 valence electrons. The van der Waals surface area contributed by atoms with Gasteiger partial charge in [0, 0.05) is 5.69 Å². The molecule has 0 radical (unpaired) electrons. The monoisotopic (exact) mass is 362 g/mol. The summed E-state index contributed by atoms with van der Waals surface area (Å²) in [5, 5.41) is 0.333. The van der Waals surface area contributed by atoms with Crippen LogP contribution in [0.3, 0.4) is 0 Å². The van der Waals surface area contributed by atoms with Gasteiger partial charge in [-0.2, -0.15) is 0 Å². The number of ether oxygens (including phenoxy) is 1. The lowest BCUT2D eigenvalue weighted by atomic mass is 9.93. The molecule has 1 aliphatic rings. The average Bonchev–Trinajstić information content (AvgIpc) is 2.99. The van der Waals surface area contributed by atoms with E-state index in [0.717, 1.165) is 12.8 Å². The van der Waals surface area contributed by atoms with Crippen LogP contribution in [-0.2, 0) is 9.59 Å². The zero-order chi connectivity index (χ0) is 18.8. The minimum absolute atomic E-state index is 0.333. The molecule has 2 amide bonds. The molecule has 6 heteroatoms. The smallest absolute Gasteiger partial charge is 0.303 e. The zero-order valence-electron chi connectivity index (χ0n) is 14.8. The number of benzene rings is 1. The van der Waals surface area contributed by atoms with Gasteiger partial charge in [0.2, 0.25) is 5.91 Å². The highest BCUT2D eigenvalue weighted by Crippen LogP contribution is 2.40. The Bertz CT molecular complexity index is 725. The Morgan fingerprint density at radius 1 is 1.32 bits per heavy atom. The maximum atomic E-state index is 12.4. The van der Waals surface area contributed by atoms with Gasteiger partial charge in [-0.1, -0.05) is 24.4 Å². The summed E-state index contributed by atoms with van der Waals surface area (Å²) in [5.41, 5.74) is 4.57. The number of terminal acetylenes is 1. The van der Waals surface area contributed by atoms with E-state index in [0.29, 0.717) is 29.3 Å². The van der Waals surface area contributed by atoms with Crippen LogP contribution < -0.4 is 15.4 Å². The first-order valence-corrected chi connectivity index (χ1v) is 8.58. The minimum atomic E-state index is -1.11. The van der Waals surface area contributed by atoms with E-state index in [1.165, 1.54) is 4.90 Å². The number of rotatable bonds is 4. The Kier molecular flexibility index (Phi) is 5.34. The number of nitrogens with zero attached hydrogens (tertiary/aromatic N) is 1. The second-order valence-electron chi connectivity index (χ2n) is 7.22. The fourth-order valence-electron chi connectivity index (χ4n) is 3.20. The maximum Gasteiger partial charge on any atom is 0.303 e. The Morgan fingerprint density at radius 3 is 2.36 bits per heavy atom. The molecule has 1 aromatic rings. The SMILES string of the molecule is C#CC(=O)N(c1ccc(OC(C)(C)C)c(Cl)c1)C1(C(N)=O)CCCC1. The molecule has 5 nitrogen and oxygen atoms in total. The third-order valence-electron chi connectivity index (χ3n) is 4.23. The van der Waals surface area contributed by atoms with Crippen molar-refractivity contribution in [2.45, 2.75) is 57.6 Å². The average molecular weight is 363 g/mol. The molecule has 0 aromatic heterocycles. The van der Waals surface area contributed by atoms with Gasteiger partial charge in [-0.05, 0) is 57.7 Å². The first-order chi connectivity index (χ1) is 11.6. The molecule has 1 aliphatic carbocycles. The summed E-state index contributed by atoms with van der Waals surface area (Å²) < 4.78 is 5.78. The molecule has 2 rings (SSSR count). The van der Waals surface area contributed by atoms with Gasteiger partial charge in [0.25, 0.3) is 0 Å². The maximum absolute atomic E-state index is 12.4. The summed E-state index contributed by atoms with van der Waals surface area (Å²) in [4.78, 5) is 26.0. The van der Waals surface area contributed by atoms with Gasteiger partial charge in [0.15, 0.2) is 0 Å². The van der Waals surface area contributed by atoms with Crippen LogP contribution in [0.4, 0.5) is 5.69 Å². The Labute approximate surface area is 153 Å². The summed E-state index contributed by atoms with van der Waals surface area (Å²) in [5.74, 6) is 1.42. The number of hydrogen-bond donors (Lipinski definition) is 1. The minimum Gasteiger partial charge on any atom is -0.487 e. The molecule has 0 unspecified atom stereocenters. The molecule has 0 spiro atoms. The van der Waals surface area contributed by atoms with Gasteiger partial charge in [-0.3, -0.25) is 14.5 Å². The number of anilines is 1. The standard InChI is InChI=1S/C19H23ClN2O3/c1-5-16(23)22(19(17(21)24)10-6-7-11-19)13-8-9-15(14(20)12-13)25-18(2,3)4/h1,8-9,12H,6-7,10-11H2,2-4H3,(H2,21,24). The quantitative estimate of drug-likeness (QED) is 0.835. The van der Waals surface area contributed by atoms with E-state index in [1.54, 1.807) is 18.2 Å². The van der Waals surface area contributed by atoms with Gasteiger partial charge >= 0.3 is 5.91 Å². The van der Waals surface area contributed by atoms with Crippen LogP contribution in [0.15, 0.2) is 18.2 Å². The van der Waals surface area contributed by atoms with Gasteiger partial charge in [0.05, 0.1) is 5.02 Å². The summed E-state index contributed by atoms with van der Waals surface area (Å²) in [7, 11) is 0. The number of primary amides is 1.